The van der Waals surface area contributed by atoms with Gasteiger partial charge < -0.3 is 0 Å². The van der Waals surface area contributed by atoms with E-state index in [2.05, 4.69) is 6.92 Å². The van der Waals surface area contributed by atoms with Gasteiger partial charge >= 0.3 is 0 Å². The molecule has 0 saturated carbocycles. The fourth-order valence-corrected chi connectivity index (χ4v) is 2.33. The first kappa shape index (κ1) is 16.7. The van der Waals surface area contributed by atoms with Crippen molar-refractivity contribution < 1.29 is 8.42 Å². The Morgan fingerprint density at radius 1 is 0.824 bits per heavy atom. The molecule has 0 unspecified atom stereocenters. The van der Waals surface area contributed by atoms with Crippen LogP contribution >= 0.6 is 0 Å². The highest BCUT2D eigenvalue weighted by atomic mass is 32.2. The lowest BCUT2D eigenvalue weighted by atomic mass is 10.1. The van der Waals surface area contributed by atoms with Crippen molar-refractivity contribution >= 4 is 9.84 Å². The predicted molar refractivity (Wildman–Crippen MR) is 76.1 cm³/mol. The maximum atomic E-state index is 11.2. The van der Waals surface area contributed by atoms with Gasteiger partial charge in [-0.05, 0) is 12.8 Å². The molecule has 0 rings (SSSR count). The van der Waals surface area contributed by atoms with Crippen LogP contribution in [0.4, 0.5) is 0 Å². The minimum absolute atomic E-state index is 0.208. The van der Waals surface area contributed by atoms with Crippen molar-refractivity contribution in [2.75, 3.05) is 11.5 Å². The lowest BCUT2D eigenvalue weighted by molar-refractivity contribution is 0.592. The summed E-state index contributed by atoms with van der Waals surface area (Å²) in [6.45, 7) is 3.93. The van der Waals surface area contributed by atoms with Crippen LogP contribution in [-0.4, -0.2) is 19.9 Å². The molecule has 0 spiro atoms. The molecule has 0 bridgehead atoms. The van der Waals surface area contributed by atoms with E-state index >= 15 is 0 Å². The topological polar surface area (TPSA) is 34.1 Å². The van der Waals surface area contributed by atoms with Gasteiger partial charge in [-0.1, -0.05) is 64.5 Å². The average Bonchev–Trinajstić information content (AvgIpc) is 2.31. The number of rotatable bonds is 11. The molecule has 0 heterocycles. The normalized spacial score (nSPS) is 12.4. The molecule has 3 heteroatoms. The van der Waals surface area contributed by atoms with E-state index in [0.29, 0.717) is 0 Å². The molecular weight excluding hydrogens is 232 g/mol. The molecule has 0 aliphatic rings. The second kappa shape index (κ2) is 10.8. The van der Waals surface area contributed by atoms with Gasteiger partial charge in [-0.15, -0.1) is 0 Å². The van der Waals surface area contributed by atoms with Crippen molar-refractivity contribution in [3.05, 3.63) is 12.2 Å². The van der Waals surface area contributed by atoms with Crippen LogP contribution < -0.4 is 0 Å². The second-order valence-electron chi connectivity index (χ2n) is 4.58. The molecule has 0 aliphatic carbocycles. The number of hydrogen-bond acceptors (Lipinski definition) is 2. The van der Waals surface area contributed by atoms with Gasteiger partial charge in [0.1, 0.15) is 0 Å². The van der Waals surface area contributed by atoms with Crippen molar-refractivity contribution in [2.45, 2.75) is 65.2 Å². The summed E-state index contributed by atoms with van der Waals surface area (Å²) in [6, 6.07) is 0. The van der Waals surface area contributed by atoms with E-state index in [9.17, 15) is 8.42 Å². The van der Waals surface area contributed by atoms with E-state index in [0.717, 1.165) is 6.42 Å². The summed E-state index contributed by atoms with van der Waals surface area (Å²) in [7, 11) is -2.81. The van der Waals surface area contributed by atoms with Crippen LogP contribution in [0.2, 0.25) is 0 Å². The Hall–Kier alpha value is -0.310. The van der Waals surface area contributed by atoms with E-state index in [1.54, 1.807) is 13.0 Å². The minimum Gasteiger partial charge on any atom is -0.229 e. The van der Waals surface area contributed by atoms with E-state index < -0.39 is 9.84 Å². The third-order valence-electron chi connectivity index (χ3n) is 2.93. The van der Waals surface area contributed by atoms with Gasteiger partial charge in [0.25, 0.3) is 0 Å². The number of unbranched alkanes of at least 4 members (excludes halogenated alkanes) is 7. The molecule has 0 aromatic heterocycles. The molecule has 0 atom stereocenters. The molecule has 102 valence electrons. The van der Waals surface area contributed by atoms with E-state index in [1.165, 1.54) is 44.9 Å². The number of sulfone groups is 1. The van der Waals surface area contributed by atoms with E-state index in [-0.39, 0.29) is 11.5 Å². The van der Waals surface area contributed by atoms with Crippen molar-refractivity contribution in [1.29, 1.82) is 0 Å². The zero-order valence-corrected chi connectivity index (χ0v) is 12.3. The first-order chi connectivity index (χ1) is 8.12. The Morgan fingerprint density at radius 2 is 1.41 bits per heavy atom. The molecule has 0 amide bonds. The lowest BCUT2D eigenvalue weighted by Crippen LogP contribution is -2.05. The zero-order chi connectivity index (χ0) is 13.0. The highest BCUT2D eigenvalue weighted by molar-refractivity contribution is 7.91. The Bertz CT molecular complexity index is 279. The van der Waals surface area contributed by atoms with Crippen LogP contribution in [0.1, 0.15) is 65.2 Å². The Kier molecular flexibility index (Phi) is 10.6. The number of hydrogen-bond donors (Lipinski definition) is 0. The molecular formula is C14H28O2S. The summed E-state index contributed by atoms with van der Waals surface area (Å²) in [4.78, 5) is 0. The fourth-order valence-electron chi connectivity index (χ4n) is 1.67. The van der Waals surface area contributed by atoms with E-state index in [1.807, 2.05) is 6.08 Å². The quantitative estimate of drug-likeness (QED) is 0.414. The van der Waals surface area contributed by atoms with Crippen molar-refractivity contribution in [3.63, 3.8) is 0 Å². The van der Waals surface area contributed by atoms with Crippen LogP contribution in [0.15, 0.2) is 12.2 Å². The molecule has 0 aromatic carbocycles. The fraction of sp³-hybridized carbons (Fsp3) is 0.857. The van der Waals surface area contributed by atoms with Crippen LogP contribution in [0.3, 0.4) is 0 Å². The molecule has 0 N–H and O–H groups in total. The predicted octanol–water partition coefficient (Wildman–Crippen LogP) is 4.12. The van der Waals surface area contributed by atoms with Gasteiger partial charge in [0.05, 0.1) is 5.75 Å². The summed E-state index contributed by atoms with van der Waals surface area (Å²) in [5.74, 6) is 0.453. The van der Waals surface area contributed by atoms with Gasteiger partial charge in [-0.3, -0.25) is 0 Å². The molecule has 0 aliphatic heterocycles. The highest BCUT2D eigenvalue weighted by Gasteiger charge is 2.02. The summed E-state index contributed by atoms with van der Waals surface area (Å²) >= 11 is 0. The maximum absolute atomic E-state index is 11.2. The monoisotopic (exact) mass is 260 g/mol. The Balaban J connectivity index is 3.31. The SMILES string of the molecule is CCCCCCCCC/C=C/CS(=O)(=O)CC. The second-order valence-corrected chi connectivity index (χ2v) is 6.98. The van der Waals surface area contributed by atoms with Gasteiger partial charge in [-0.25, -0.2) is 8.42 Å². The van der Waals surface area contributed by atoms with Crippen molar-refractivity contribution in [1.82, 2.24) is 0 Å². The number of allylic oxidation sites excluding steroid dienone is 1. The molecule has 0 aromatic rings. The minimum atomic E-state index is -2.81. The first-order valence-corrected chi connectivity index (χ1v) is 8.80. The molecule has 2 nitrogen and oxygen atoms in total. The van der Waals surface area contributed by atoms with Crippen LogP contribution in [0, 0.1) is 0 Å². The van der Waals surface area contributed by atoms with Crippen LogP contribution in [0.25, 0.3) is 0 Å². The maximum Gasteiger partial charge on any atom is 0.153 e. The lowest BCUT2D eigenvalue weighted by Gasteiger charge is -1.99. The summed E-state index contributed by atoms with van der Waals surface area (Å²) in [5, 5.41) is 0. The molecule has 17 heavy (non-hydrogen) atoms. The third-order valence-corrected chi connectivity index (χ3v) is 4.51. The summed E-state index contributed by atoms with van der Waals surface area (Å²) < 4.78 is 22.4. The molecule has 0 radical (unpaired) electrons. The zero-order valence-electron chi connectivity index (χ0n) is 11.5. The van der Waals surface area contributed by atoms with Gasteiger partial charge in [0, 0.05) is 5.75 Å². The van der Waals surface area contributed by atoms with Crippen LogP contribution in [-0.2, 0) is 9.84 Å². The van der Waals surface area contributed by atoms with Crippen molar-refractivity contribution in [2.24, 2.45) is 0 Å². The van der Waals surface area contributed by atoms with Gasteiger partial charge in [0.2, 0.25) is 0 Å². The third kappa shape index (κ3) is 11.9. The highest BCUT2D eigenvalue weighted by Crippen LogP contribution is 2.08. The van der Waals surface area contributed by atoms with E-state index in [4.69, 9.17) is 0 Å². The van der Waals surface area contributed by atoms with Crippen molar-refractivity contribution in [3.8, 4) is 0 Å². The van der Waals surface area contributed by atoms with Gasteiger partial charge in [-0.2, -0.15) is 0 Å². The Labute approximate surface area is 107 Å². The summed E-state index contributed by atoms with van der Waals surface area (Å²) in [6.07, 6.45) is 14.0. The largest absolute Gasteiger partial charge is 0.229 e. The van der Waals surface area contributed by atoms with Crippen LogP contribution in [0.5, 0.6) is 0 Å². The first-order valence-electron chi connectivity index (χ1n) is 6.97. The molecule has 0 fully saturated rings. The molecule has 0 saturated heterocycles. The Morgan fingerprint density at radius 3 is 2.00 bits per heavy atom. The standard InChI is InChI=1S/C14H28O2S/c1-3-5-6-7-8-9-10-11-12-13-14-17(15,16)4-2/h12-13H,3-11,14H2,1-2H3/b13-12+. The summed E-state index contributed by atoms with van der Waals surface area (Å²) in [5.41, 5.74) is 0. The smallest absolute Gasteiger partial charge is 0.153 e. The van der Waals surface area contributed by atoms with Gasteiger partial charge in [0.15, 0.2) is 9.84 Å². The average molecular weight is 260 g/mol.